The third-order valence-corrected chi connectivity index (χ3v) is 5.19. The number of fused-ring (bicyclic) bond motifs is 1. The van der Waals surface area contributed by atoms with Crippen molar-refractivity contribution >= 4 is 26.7 Å². The van der Waals surface area contributed by atoms with Crippen LogP contribution in [0.4, 0.5) is 8.78 Å². The van der Waals surface area contributed by atoms with Gasteiger partial charge in [0.15, 0.2) is 11.5 Å². The minimum atomic E-state index is -0.528. The fourth-order valence-electron chi connectivity index (χ4n) is 3.19. The predicted molar refractivity (Wildman–Crippen MR) is 106 cm³/mol. The lowest BCUT2D eigenvalue weighted by atomic mass is 9.95. The molecule has 27 heavy (non-hydrogen) atoms. The van der Waals surface area contributed by atoms with Gasteiger partial charge in [-0.15, -0.1) is 0 Å². The molecule has 134 valence electrons. The van der Waals surface area contributed by atoms with Gasteiger partial charge in [-0.1, -0.05) is 58.4 Å². The summed E-state index contributed by atoms with van der Waals surface area (Å²) in [6, 6.07) is 17.4. The van der Waals surface area contributed by atoms with Gasteiger partial charge in [-0.05, 0) is 29.7 Å². The van der Waals surface area contributed by atoms with Gasteiger partial charge >= 0.3 is 0 Å². The van der Waals surface area contributed by atoms with Crippen LogP contribution >= 0.6 is 15.9 Å². The van der Waals surface area contributed by atoms with Crippen molar-refractivity contribution in [1.82, 2.24) is 0 Å². The van der Waals surface area contributed by atoms with Crippen molar-refractivity contribution in [1.29, 1.82) is 0 Å². The molecule has 0 fully saturated rings. The molecule has 0 aliphatic rings. The molecular formula is C22H13BrF2O2. The number of phenols is 2. The molecular weight excluding hydrogens is 414 g/mol. The van der Waals surface area contributed by atoms with Crippen molar-refractivity contribution in [3.05, 3.63) is 82.8 Å². The lowest BCUT2D eigenvalue weighted by molar-refractivity contribution is 0.406. The van der Waals surface area contributed by atoms with Crippen molar-refractivity contribution in [2.45, 2.75) is 0 Å². The highest BCUT2D eigenvalue weighted by Crippen LogP contribution is 2.45. The van der Waals surface area contributed by atoms with E-state index in [0.717, 1.165) is 0 Å². The Morgan fingerprint density at radius 2 is 1.19 bits per heavy atom. The van der Waals surface area contributed by atoms with Gasteiger partial charge in [-0.2, -0.15) is 0 Å². The Labute approximate surface area is 162 Å². The van der Waals surface area contributed by atoms with E-state index in [2.05, 4.69) is 15.9 Å². The van der Waals surface area contributed by atoms with Crippen molar-refractivity contribution < 1.29 is 19.0 Å². The molecule has 0 atom stereocenters. The van der Waals surface area contributed by atoms with Crippen LogP contribution in [0.3, 0.4) is 0 Å². The first-order valence-electron chi connectivity index (χ1n) is 8.16. The molecule has 4 aromatic carbocycles. The van der Waals surface area contributed by atoms with E-state index in [9.17, 15) is 14.6 Å². The summed E-state index contributed by atoms with van der Waals surface area (Å²) in [5.74, 6) is -2.04. The summed E-state index contributed by atoms with van der Waals surface area (Å²) in [5, 5.41) is 22.0. The Hall–Kier alpha value is -2.92. The summed E-state index contributed by atoms with van der Waals surface area (Å²) in [6.07, 6.45) is 0. The smallest absolute Gasteiger partial charge is 0.166 e. The molecule has 4 aromatic rings. The Bertz CT molecular complexity index is 1190. The van der Waals surface area contributed by atoms with Crippen LogP contribution < -0.4 is 0 Å². The second kappa shape index (κ2) is 6.67. The van der Waals surface area contributed by atoms with Crippen molar-refractivity contribution in [3.63, 3.8) is 0 Å². The quantitative estimate of drug-likeness (QED) is 0.353. The van der Waals surface area contributed by atoms with Gasteiger partial charge in [0.25, 0.3) is 0 Å². The van der Waals surface area contributed by atoms with Crippen LogP contribution in [0.5, 0.6) is 11.5 Å². The topological polar surface area (TPSA) is 40.5 Å². The lowest BCUT2D eigenvalue weighted by Crippen LogP contribution is -1.91. The Balaban J connectivity index is 1.94. The SMILES string of the molecule is Oc1c(-c2ccccc2F)ccc(-c2cc(Br)c3ccccc3c2F)c1O. The molecule has 0 bridgehead atoms. The van der Waals surface area contributed by atoms with Crippen LogP contribution in [-0.4, -0.2) is 10.2 Å². The van der Waals surface area contributed by atoms with Gasteiger partial charge in [-0.3, -0.25) is 0 Å². The molecule has 2 N–H and O–H groups in total. The van der Waals surface area contributed by atoms with E-state index in [-0.39, 0.29) is 22.3 Å². The summed E-state index contributed by atoms with van der Waals surface area (Å²) in [6.45, 7) is 0. The molecule has 0 aliphatic carbocycles. The van der Waals surface area contributed by atoms with E-state index in [0.29, 0.717) is 15.2 Å². The summed E-state index contributed by atoms with van der Waals surface area (Å²) < 4.78 is 29.8. The second-order valence-corrected chi connectivity index (χ2v) is 6.96. The Morgan fingerprint density at radius 1 is 0.630 bits per heavy atom. The largest absolute Gasteiger partial charge is 0.504 e. The van der Waals surface area contributed by atoms with Crippen molar-refractivity contribution in [2.24, 2.45) is 0 Å². The highest BCUT2D eigenvalue weighted by Gasteiger charge is 2.20. The number of halogens is 3. The van der Waals surface area contributed by atoms with Crippen LogP contribution in [0.1, 0.15) is 0 Å². The average molecular weight is 427 g/mol. The summed E-state index contributed by atoms with van der Waals surface area (Å²) in [4.78, 5) is 0. The van der Waals surface area contributed by atoms with Gasteiger partial charge in [0.1, 0.15) is 11.6 Å². The highest BCUT2D eigenvalue weighted by molar-refractivity contribution is 9.10. The van der Waals surface area contributed by atoms with Crippen LogP contribution in [0, 0.1) is 11.6 Å². The van der Waals surface area contributed by atoms with Gasteiger partial charge in [0.05, 0.1) is 0 Å². The first-order valence-corrected chi connectivity index (χ1v) is 8.95. The van der Waals surface area contributed by atoms with E-state index in [1.54, 1.807) is 36.4 Å². The maximum absolute atomic E-state index is 15.1. The molecule has 0 radical (unpaired) electrons. The summed E-state index contributed by atoms with van der Waals surface area (Å²) in [7, 11) is 0. The molecule has 0 heterocycles. The molecule has 0 unspecified atom stereocenters. The third-order valence-electron chi connectivity index (χ3n) is 4.53. The molecule has 2 nitrogen and oxygen atoms in total. The molecule has 0 spiro atoms. The van der Waals surface area contributed by atoms with E-state index in [4.69, 9.17) is 0 Å². The number of benzene rings is 4. The average Bonchev–Trinajstić information content (AvgIpc) is 2.68. The summed E-state index contributed by atoms with van der Waals surface area (Å²) in [5.41, 5.74) is 0.539. The van der Waals surface area contributed by atoms with E-state index < -0.39 is 23.1 Å². The van der Waals surface area contributed by atoms with E-state index in [1.165, 1.54) is 30.3 Å². The number of phenolic OH excluding ortho intramolecular Hbond substituents is 2. The third kappa shape index (κ3) is 2.84. The normalized spacial score (nSPS) is 11.1. The molecule has 5 heteroatoms. The zero-order valence-corrected chi connectivity index (χ0v) is 15.5. The summed E-state index contributed by atoms with van der Waals surface area (Å²) >= 11 is 3.42. The van der Waals surface area contributed by atoms with Crippen molar-refractivity contribution in [3.8, 4) is 33.8 Å². The second-order valence-electron chi connectivity index (χ2n) is 6.10. The van der Waals surface area contributed by atoms with Gasteiger partial charge in [0.2, 0.25) is 0 Å². The minimum Gasteiger partial charge on any atom is -0.504 e. The van der Waals surface area contributed by atoms with Gasteiger partial charge < -0.3 is 10.2 Å². The first kappa shape index (κ1) is 17.5. The highest BCUT2D eigenvalue weighted by atomic mass is 79.9. The number of hydrogen-bond donors (Lipinski definition) is 2. The molecule has 0 aromatic heterocycles. The van der Waals surface area contributed by atoms with Crippen LogP contribution in [-0.2, 0) is 0 Å². The van der Waals surface area contributed by atoms with Crippen LogP contribution in [0.25, 0.3) is 33.0 Å². The molecule has 0 amide bonds. The van der Waals surface area contributed by atoms with E-state index >= 15 is 4.39 Å². The van der Waals surface area contributed by atoms with Crippen LogP contribution in [0.15, 0.2) is 71.2 Å². The fourth-order valence-corrected chi connectivity index (χ4v) is 3.76. The zero-order valence-electron chi connectivity index (χ0n) is 13.9. The van der Waals surface area contributed by atoms with Crippen molar-refractivity contribution in [2.75, 3.05) is 0 Å². The maximum atomic E-state index is 15.1. The maximum Gasteiger partial charge on any atom is 0.166 e. The molecule has 0 saturated carbocycles. The molecule has 0 saturated heterocycles. The standard InChI is InChI=1S/C22H13BrF2O2/c23-18-11-17(20(25)14-7-2-1-5-12(14)18)16-10-9-15(21(26)22(16)27)13-6-3-4-8-19(13)24/h1-11,26-27H. The Kier molecular flexibility index (Phi) is 4.32. The minimum absolute atomic E-state index is 0.122. The van der Waals surface area contributed by atoms with Gasteiger partial charge in [0, 0.05) is 32.1 Å². The first-order chi connectivity index (χ1) is 13.0. The monoisotopic (exact) mass is 426 g/mol. The van der Waals surface area contributed by atoms with Crippen LogP contribution in [0.2, 0.25) is 0 Å². The zero-order chi connectivity index (χ0) is 19.1. The number of hydrogen-bond acceptors (Lipinski definition) is 2. The predicted octanol–water partition coefficient (Wildman–Crippen LogP) is 6.63. The van der Waals surface area contributed by atoms with Gasteiger partial charge in [-0.25, -0.2) is 8.78 Å². The number of rotatable bonds is 2. The number of aromatic hydroxyl groups is 2. The fraction of sp³-hybridized carbons (Fsp3) is 0. The lowest BCUT2D eigenvalue weighted by Gasteiger charge is -2.14. The Morgan fingerprint density at radius 3 is 1.85 bits per heavy atom. The van der Waals surface area contributed by atoms with E-state index in [1.807, 2.05) is 0 Å². The molecule has 0 aliphatic heterocycles. The molecule has 4 rings (SSSR count).